The van der Waals surface area contributed by atoms with Crippen molar-refractivity contribution >= 4 is 10.8 Å². The van der Waals surface area contributed by atoms with Gasteiger partial charge in [-0.15, -0.1) is 0 Å². The topological polar surface area (TPSA) is 0 Å². The van der Waals surface area contributed by atoms with E-state index < -0.39 is 0 Å². The minimum absolute atomic E-state index is 0.558. The number of hydrogen-bond acceptors (Lipinski definition) is 0. The molecule has 0 aliphatic heterocycles. The molecule has 0 fully saturated rings. The Labute approximate surface area is 323 Å². The largest absolute Gasteiger partial charge is 0.0683 e. The van der Waals surface area contributed by atoms with Gasteiger partial charge in [-0.2, -0.15) is 0 Å². The molecule has 0 saturated carbocycles. The lowest BCUT2D eigenvalue weighted by Crippen LogP contribution is -1.87. The van der Waals surface area contributed by atoms with Gasteiger partial charge in [-0.05, 0) is 46.9 Å². The van der Waals surface area contributed by atoms with E-state index in [9.17, 15) is 0 Å². The third-order valence-corrected chi connectivity index (χ3v) is 6.68. The molecule has 0 aromatic heterocycles. The Morgan fingerprint density at radius 1 is 0.327 bits per heavy atom. The van der Waals surface area contributed by atoms with Crippen LogP contribution in [-0.2, 0) is 0 Å². The first-order valence-corrected chi connectivity index (χ1v) is 20.1. The van der Waals surface area contributed by atoms with Crippen molar-refractivity contribution in [3.05, 3.63) is 180 Å². The third kappa shape index (κ3) is 22.4. The Kier molecular flexibility index (Phi) is 37.8. The van der Waals surface area contributed by atoms with E-state index in [2.05, 4.69) is 170 Å². The first-order valence-electron chi connectivity index (χ1n) is 20.1. The average molecular weight is 701 g/mol. The molecule has 0 unspecified atom stereocenters. The highest BCUT2D eigenvalue weighted by molar-refractivity contribution is 5.82. The number of aryl methyl sites for hydroxylation is 2. The predicted octanol–water partition coefficient (Wildman–Crippen LogP) is 17.6. The van der Waals surface area contributed by atoms with Crippen molar-refractivity contribution in [1.29, 1.82) is 0 Å². The van der Waals surface area contributed by atoms with Gasteiger partial charge in [-0.1, -0.05) is 272 Å². The van der Waals surface area contributed by atoms with Crippen LogP contribution in [0.15, 0.2) is 158 Å². The fourth-order valence-electron chi connectivity index (χ4n) is 4.61. The van der Waals surface area contributed by atoms with Crippen molar-refractivity contribution in [3.8, 4) is 11.1 Å². The molecule has 6 aromatic rings. The second-order valence-corrected chi connectivity index (χ2v) is 11.0. The first kappa shape index (κ1) is 51.9. The van der Waals surface area contributed by atoms with Crippen LogP contribution in [0.5, 0.6) is 0 Å². The van der Waals surface area contributed by atoms with Gasteiger partial charge in [0.25, 0.3) is 0 Å². The summed E-state index contributed by atoms with van der Waals surface area (Å²) in [5.74, 6) is 0.558. The quantitative estimate of drug-likeness (QED) is 0.148. The van der Waals surface area contributed by atoms with Gasteiger partial charge in [0, 0.05) is 5.92 Å². The Balaban J connectivity index is -0.000000566. The molecule has 0 bridgehead atoms. The normalized spacial score (nSPS) is 9.13. The lowest BCUT2D eigenvalue weighted by molar-refractivity contribution is 0.957. The third-order valence-electron chi connectivity index (χ3n) is 6.68. The highest BCUT2D eigenvalue weighted by Gasteiger charge is 2.23. The van der Waals surface area contributed by atoms with Crippen molar-refractivity contribution in [2.75, 3.05) is 0 Å². The molecular weight excluding hydrogens is 625 g/mol. The SMILES string of the molecule is CC.CC.CC.CC.CC1c2ccccc2-c2ccccc21.CCC.CCC.Cc1ccccc1.Cc1ccccc1.c1ccc2ccccc2c1. The highest BCUT2D eigenvalue weighted by atomic mass is 14.3. The van der Waals surface area contributed by atoms with Crippen LogP contribution in [0.2, 0.25) is 0 Å². The lowest BCUT2D eigenvalue weighted by Gasteiger charge is -2.04. The number of benzene rings is 6. The van der Waals surface area contributed by atoms with E-state index in [1.807, 2.05) is 91.8 Å². The lowest BCUT2D eigenvalue weighted by atomic mass is 10.00. The maximum absolute atomic E-state index is 2.28. The van der Waals surface area contributed by atoms with E-state index in [-0.39, 0.29) is 0 Å². The molecule has 52 heavy (non-hydrogen) atoms. The smallest absolute Gasteiger partial charge is 0.00733 e. The summed E-state index contributed by atoms with van der Waals surface area (Å²) in [6.45, 7) is 30.9. The fourth-order valence-corrected chi connectivity index (χ4v) is 4.61. The molecule has 0 radical (unpaired) electrons. The summed E-state index contributed by atoms with van der Waals surface area (Å²) in [4.78, 5) is 0. The Morgan fingerprint density at radius 2 is 0.538 bits per heavy atom. The summed E-state index contributed by atoms with van der Waals surface area (Å²) < 4.78 is 0. The summed E-state index contributed by atoms with van der Waals surface area (Å²) >= 11 is 0. The number of rotatable bonds is 0. The van der Waals surface area contributed by atoms with Crippen LogP contribution in [0.1, 0.15) is 131 Å². The molecule has 1 aliphatic carbocycles. The molecule has 284 valence electrons. The Morgan fingerprint density at radius 3 is 0.769 bits per heavy atom. The van der Waals surface area contributed by atoms with Crippen LogP contribution >= 0.6 is 0 Å². The molecular formula is C52H76. The van der Waals surface area contributed by atoms with Gasteiger partial charge in [0.1, 0.15) is 0 Å². The van der Waals surface area contributed by atoms with Crippen LogP contribution in [0.4, 0.5) is 0 Å². The molecule has 0 saturated heterocycles. The summed E-state index contributed by atoms with van der Waals surface area (Å²) in [5, 5.41) is 2.62. The number of hydrogen-bond donors (Lipinski definition) is 0. The van der Waals surface area contributed by atoms with E-state index in [0.29, 0.717) is 5.92 Å². The van der Waals surface area contributed by atoms with Crippen molar-refractivity contribution < 1.29 is 0 Å². The van der Waals surface area contributed by atoms with Gasteiger partial charge >= 0.3 is 0 Å². The zero-order valence-corrected chi connectivity index (χ0v) is 36.0. The van der Waals surface area contributed by atoms with Gasteiger partial charge in [0.05, 0.1) is 0 Å². The van der Waals surface area contributed by atoms with Crippen LogP contribution in [0.3, 0.4) is 0 Å². The molecule has 0 N–H and O–H groups in total. The maximum Gasteiger partial charge on any atom is 0.00733 e. The van der Waals surface area contributed by atoms with Crippen LogP contribution in [0.25, 0.3) is 21.9 Å². The monoisotopic (exact) mass is 701 g/mol. The van der Waals surface area contributed by atoms with E-state index in [1.54, 1.807) is 0 Å². The van der Waals surface area contributed by atoms with Crippen molar-refractivity contribution in [3.63, 3.8) is 0 Å². The first-order chi connectivity index (χ1) is 25.5. The second-order valence-electron chi connectivity index (χ2n) is 11.0. The predicted molar refractivity (Wildman–Crippen MR) is 243 cm³/mol. The second kappa shape index (κ2) is 37.8. The van der Waals surface area contributed by atoms with E-state index in [0.717, 1.165) is 0 Å². The molecule has 0 atom stereocenters. The van der Waals surface area contributed by atoms with Gasteiger partial charge in [0.2, 0.25) is 0 Å². The van der Waals surface area contributed by atoms with E-state index in [4.69, 9.17) is 0 Å². The minimum Gasteiger partial charge on any atom is -0.0683 e. The molecule has 1 aliphatic rings. The summed E-state index contributed by atoms with van der Waals surface area (Å²) in [5.41, 5.74) is 8.40. The highest BCUT2D eigenvalue weighted by Crippen LogP contribution is 2.43. The average Bonchev–Trinajstić information content (AvgIpc) is 3.51. The molecule has 7 rings (SSSR count). The van der Waals surface area contributed by atoms with Crippen molar-refractivity contribution in [2.45, 2.75) is 123 Å². The molecule has 0 spiro atoms. The fraction of sp³-hybridized carbons (Fsp3) is 0.346. The van der Waals surface area contributed by atoms with E-state index in [1.165, 1.54) is 57.0 Å². The molecule has 6 aromatic carbocycles. The van der Waals surface area contributed by atoms with Gasteiger partial charge in [-0.25, -0.2) is 0 Å². The summed E-state index contributed by atoms with van der Waals surface area (Å²) in [6, 6.07) is 54.6. The zero-order chi connectivity index (χ0) is 40.0. The standard InChI is InChI=1S/C14H12.C10H8.2C7H8.2C3H8.4C2H6/c1-10-11-6-2-4-8-13(11)14-9-5-3-7-12(10)14;1-2-6-10-8-4-3-7-9(10)5-1;2*1-7-5-3-2-4-6-7;2*1-3-2;4*1-2/h2-10H,1H3;1-8H;2*2-6H,1H3;2*3H2,1-2H3;4*1-2H3. The van der Waals surface area contributed by atoms with Crippen LogP contribution in [0, 0.1) is 13.8 Å². The Bertz CT molecular complexity index is 1410. The van der Waals surface area contributed by atoms with Gasteiger partial charge < -0.3 is 0 Å². The van der Waals surface area contributed by atoms with E-state index >= 15 is 0 Å². The van der Waals surface area contributed by atoms with Crippen LogP contribution in [-0.4, -0.2) is 0 Å². The zero-order valence-electron chi connectivity index (χ0n) is 36.0. The summed E-state index contributed by atoms with van der Waals surface area (Å²) in [6.07, 6.45) is 2.50. The van der Waals surface area contributed by atoms with Gasteiger partial charge in [-0.3, -0.25) is 0 Å². The molecule has 0 amide bonds. The van der Waals surface area contributed by atoms with Crippen molar-refractivity contribution in [1.82, 2.24) is 0 Å². The molecule has 0 nitrogen and oxygen atoms in total. The van der Waals surface area contributed by atoms with Gasteiger partial charge in [0.15, 0.2) is 0 Å². The molecule has 0 heterocycles. The number of fused-ring (bicyclic) bond motifs is 4. The molecule has 0 heteroatoms. The Hall–Kier alpha value is -4.42. The summed E-state index contributed by atoms with van der Waals surface area (Å²) in [7, 11) is 0. The van der Waals surface area contributed by atoms with Crippen LogP contribution < -0.4 is 0 Å². The minimum atomic E-state index is 0.558. The van der Waals surface area contributed by atoms with Crippen molar-refractivity contribution in [2.24, 2.45) is 0 Å². The maximum atomic E-state index is 2.28.